The molecule has 3 aromatic rings. The summed E-state index contributed by atoms with van der Waals surface area (Å²) in [7, 11) is 1.68. The van der Waals surface area contributed by atoms with E-state index in [0.717, 1.165) is 73.7 Å². The monoisotopic (exact) mass is 488 g/mol. The number of aryl methyl sites for hydroxylation is 1. The number of nitrogens with one attached hydrogen (secondary N) is 1. The van der Waals surface area contributed by atoms with Crippen molar-refractivity contribution in [2.45, 2.75) is 70.3 Å². The van der Waals surface area contributed by atoms with Gasteiger partial charge in [-0.1, -0.05) is 19.3 Å². The second-order valence-electron chi connectivity index (χ2n) is 10.6. The maximum Gasteiger partial charge on any atom is 0.317 e. The van der Waals surface area contributed by atoms with Gasteiger partial charge < -0.3 is 16.0 Å². The molecule has 2 aliphatic carbocycles. The molecule has 3 N–H and O–H groups in total. The van der Waals surface area contributed by atoms with Crippen LogP contribution in [-0.2, 0) is 13.0 Å². The SMILES string of the molecule is CNC(=O)N1CCC(c2cc(C3=Cc4nn(CC5CCCCC5)cc4CC3)c3c(N)ncnn23)CC1. The molecule has 0 unspecified atom stereocenters. The third-order valence-corrected chi connectivity index (χ3v) is 8.39. The van der Waals surface area contributed by atoms with Crippen molar-refractivity contribution in [2.75, 3.05) is 25.9 Å². The van der Waals surface area contributed by atoms with Crippen LogP contribution < -0.4 is 11.1 Å². The molecule has 0 spiro atoms. The van der Waals surface area contributed by atoms with Crippen molar-refractivity contribution in [2.24, 2.45) is 5.92 Å². The highest BCUT2D eigenvalue weighted by atomic mass is 16.2. The number of urea groups is 1. The Balaban J connectivity index is 1.29. The van der Waals surface area contributed by atoms with Crippen molar-refractivity contribution in [1.29, 1.82) is 0 Å². The number of hydrogen-bond acceptors (Lipinski definition) is 5. The zero-order valence-electron chi connectivity index (χ0n) is 21.1. The molecule has 0 atom stereocenters. The van der Waals surface area contributed by atoms with Crippen LogP contribution in [0.5, 0.6) is 0 Å². The molecular formula is C27H36N8O. The summed E-state index contributed by atoms with van der Waals surface area (Å²) in [6.07, 6.45) is 16.5. The molecule has 36 heavy (non-hydrogen) atoms. The zero-order valence-corrected chi connectivity index (χ0v) is 21.1. The number of aromatic nitrogens is 5. The lowest BCUT2D eigenvalue weighted by Gasteiger charge is -2.31. The van der Waals surface area contributed by atoms with Crippen molar-refractivity contribution in [1.82, 2.24) is 34.6 Å². The normalized spacial score (nSPS) is 19.4. The van der Waals surface area contributed by atoms with Gasteiger partial charge in [0.25, 0.3) is 0 Å². The molecule has 3 aliphatic rings. The van der Waals surface area contributed by atoms with Gasteiger partial charge in [-0.25, -0.2) is 14.3 Å². The average molecular weight is 489 g/mol. The fraction of sp³-hybridized carbons (Fsp3) is 0.556. The van der Waals surface area contributed by atoms with E-state index in [1.807, 2.05) is 9.42 Å². The Labute approximate surface area is 211 Å². The van der Waals surface area contributed by atoms with E-state index in [0.29, 0.717) is 11.7 Å². The lowest BCUT2D eigenvalue weighted by Crippen LogP contribution is -2.42. The van der Waals surface area contributed by atoms with E-state index in [-0.39, 0.29) is 6.03 Å². The van der Waals surface area contributed by atoms with Crippen LogP contribution in [0.2, 0.25) is 0 Å². The van der Waals surface area contributed by atoms with Gasteiger partial charge in [-0.05, 0) is 67.7 Å². The van der Waals surface area contributed by atoms with Crippen LogP contribution in [0.1, 0.15) is 79.8 Å². The summed E-state index contributed by atoms with van der Waals surface area (Å²) in [5, 5.41) is 12.3. The summed E-state index contributed by atoms with van der Waals surface area (Å²) in [6, 6.07) is 2.25. The van der Waals surface area contributed by atoms with Gasteiger partial charge in [-0.3, -0.25) is 4.68 Å². The summed E-state index contributed by atoms with van der Waals surface area (Å²) in [5.41, 5.74) is 13.2. The topological polar surface area (TPSA) is 106 Å². The van der Waals surface area contributed by atoms with E-state index < -0.39 is 0 Å². The molecule has 1 saturated carbocycles. The number of likely N-dealkylation sites (tertiary alicyclic amines) is 1. The minimum atomic E-state index is -0.00758. The van der Waals surface area contributed by atoms with Gasteiger partial charge in [-0.2, -0.15) is 10.2 Å². The number of nitrogens with two attached hydrogens (primary N) is 1. The lowest BCUT2D eigenvalue weighted by molar-refractivity contribution is 0.183. The summed E-state index contributed by atoms with van der Waals surface area (Å²) >= 11 is 0. The standard InChI is InChI=1S/C27H36N8O/c1-29-27(36)33-11-9-19(10-12-33)24-14-22(25-26(28)30-17-31-35(24)25)20-7-8-21-16-34(32-23(21)13-20)15-18-5-3-2-4-6-18/h13-14,16-19H,2-12,15H2,1H3,(H,29,36)(H2,28,30,31). The lowest BCUT2D eigenvalue weighted by atomic mass is 9.89. The van der Waals surface area contributed by atoms with Gasteiger partial charge in [0.2, 0.25) is 0 Å². The third kappa shape index (κ3) is 4.24. The Hall–Kier alpha value is -3.36. The Bertz CT molecular complexity index is 1290. The predicted molar refractivity (Wildman–Crippen MR) is 140 cm³/mol. The first-order chi connectivity index (χ1) is 17.6. The number of nitrogen functional groups attached to an aromatic ring is 1. The smallest absolute Gasteiger partial charge is 0.317 e. The molecule has 9 heteroatoms. The maximum absolute atomic E-state index is 12.0. The molecule has 9 nitrogen and oxygen atoms in total. The van der Waals surface area contributed by atoms with Crippen LogP contribution >= 0.6 is 0 Å². The van der Waals surface area contributed by atoms with Crippen LogP contribution in [0, 0.1) is 5.92 Å². The van der Waals surface area contributed by atoms with Crippen molar-refractivity contribution in [3.05, 3.63) is 41.1 Å². The summed E-state index contributed by atoms with van der Waals surface area (Å²) in [6.45, 7) is 2.50. The van der Waals surface area contributed by atoms with Crippen molar-refractivity contribution < 1.29 is 4.79 Å². The number of anilines is 1. The van der Waals surface area contributed by atoms with Crippen LogP contribution in [0.15, 0.2) is 18.6 Å². The molecule has 0 aromatic carbocycles. The molecule has 0 bridgehead atoms. The summed E-state index contributed by atoms with van der Waals surface area (Å²) in [5.74, 6) is 1.58. The number of rotatable bonds is 4. The van der Waals surface area contributed by atoms with Gasteiger partial charge in [0.1, 0.15) is 11.8 Å². The van der Waals surface area contributed by atoms with Crippen LogP contribution in [-0.4, -0.2) is 55.4 Å². The molecule has 190 valence electrons. The molecule has 4 heterocycles. The fourth-order valence-corrected chi connectivity index (χ4v) is 6.40. The zero-order chi connectivity index (χ0) is 24.6. The number of carbonyl (C=O) groups is 1. The predicted octanol–water partition coefficient (Wildman–Crippen LogP) is 4.09. The first-order valence-electron chi connectivity index (χ1n) is 13.5. The Morgan fingerprint density at radius 1 is 1.14 bits per heavy atom. The van der Waals surface area contributed by atoms with Crippen LogP contribution in [0.25, 0.3) is 17.2 Å². The van der Waals surface area contributed by atoms with E-state index >= 15 is 0 Å². The summed E-state index contributed by atoms with van der Waals surface area (Å²) < 4.78 is 4.16. The third-order valence-electron chi connectivity index (χ3n) is 8.39. The van der Waals surface area contributed by atoms with Gasteiger partial charge in [0, 0.05) is 50.1 Å². The van der Waals surface area contributed by atoms with Gasteiger partial charge in [0.15, 0.2) is 5.82 Å². The number of piperidine rings is 1. The number of amides is 2. The van der Waals surface area contributed by atoms with Crippen molar-refractivity contribution >= 4 is 29.0 Å². The minimum Gasteiger partial charge on any atom is -0.382 e. The second kappa shape index (κ2) is 9.59. The molecule has 0 radical (unpaired) electrons. The van der Waals surface area contributed by atoms with Gasteiger partial charge in [0.05, 0.1) is 5.69 Å². The molecule has 3 aromatic heterocycles. The first kappa shape index (κ1) is 23.1. The average Bonchev–Trinajstić information content (AvgIpc) is 3.50. The highest BCUT2D eigenvalue weighted by Gasteiger charge is 2.28. The van der Waals surface area contributed by atoms with E-state index in [9.17, 15) is 4.79 Å². The quantitative estimate of drug-likeness (QED) is 0.575. The number of allylic oxidation sites excluding steroid dienone is 1. The maximum atomic E-state index is 12.0. The summed E-state index contributed by atoms with van der Waals surface area (Å²) in [4.78, 5) is 18.2. The number of nitrogens with zero attached hydrogens (tertiary/aromatic N) is 6. The van der Waals surface area contributed by atoms with Crippen LogP contribution in [0.3, 0.4) is 0 Å². The molecule has 2 amide bonds. The first-order valence-corrected chi connectivity index (χ1v) is 13.5. The molecule has 6 rings (SSSR count). The van der Waals surface area contributed by atoms with Crippen LogP contribution in [0.4, 0.5) is 10.6 Å². The Kier molecular flexibility index (Phi) is 6.15. The molecule has 1 aliphatic heterocycles. The Morgan fingerprint density at radius 3 is 2.72 bits per heavy atom. The number of carbonyl (C=O) groups excluding carboxylic acids is 1. The van der Waals surface area contributed by atoms with E-state index in [2.05, 4.69) is 38.4 Å². The molecular weight excluding hydrogens is 452 g/mol. The fourth-order valence-electron chi connectivity index (χ4n) is 6.40. The Morgan fingerprint density at radius 2 is 1.94 bits per heavy atom. The van der Waals surface area contributed by atoms with Crippen molar-refractivity contribution in [3.63, 3.8) is 0 Å². The molecule has 2 fully saturated rings. The highest BCUT2D eigenvalue weighted by Crippen LogP contribution is 2.38. The highest BCUT2D eigenvalue weighted by molar-refractivity contribution is 5.93. The van der Waals surface area contributed by atoms with Crippen molar-refractivity contribution in [3.8, 4) is 0 Å². The van der Waals surface area contributed by atoms with E-state index in [4.69, 9.17) is 10.8 Å². The minimum absolute atomic E-state index is 0.00758. The van der Waals surface area contributed by atoms with E-state index in [1.54, 1.807) is 7.05 Å². The number of hydrogen-bond donors (Lipinski definition) is 2. The molecule has 1 saturated heterocycles. The largest absolute Gasteiger partial charge is 0.382 e. The van der Waals surface area contributed by atoms with E-state index in [1.165, 1.54) is 49.6 Å². The van der Waals surface area contributed by atoms with Gasteiger partial charge in [-0.15, -0.1) is 0 Å². The van der Waals surface area contributed by atoms with Gasteiger partial charge >= 0.3 is 6.03 Å². The number of fused-ring (bicyclic) bond motifs is 2. The second-order valence-corrected chi connectivity index (χ2v) is 10.6.